The first-order valence-corrected chi connectivity index (χ1v) is 9.50. The van der Waals surface area contributed by atoms with Gasteiger partial charge in [-0.3, -0.25) is 0 Å². The molecule has 0 amide bonds. The predicted molar refractivity (Wildman–Crippen MR) is 105 cm³/mol. The van der Waals surface area contributed by atoms with Crippen molar-refractivity contribution in [3.63, 3.8) is 0 Å². The number of hydrogen-bond acceptors (Lipinski definition) is 1. The second-order valence-electron chi connectivity index (χ2n) is 6.67. The van der Waals surface area contributed by atoms with E-state index in [0.29, 0.717) is 16.1 Å². The normalized spacial score (nSPS) is 15.0. The number of nitrogens with zero attached hydrogens (tertiary/aromatic N) is 2. The van der Waals surface area contributed by atoms with Gasteiger partial charge in [0.25, 0.3) is 0 Å². The average Bonchev–Trinajstić information content (AvgIpc) is 3.23. The first-order valence-electron chi connectivity index (χ1n) is 8.75. The molecule has 4 rings (SSSR count). The van der Waals surface area contributed by atoms with Crippen LogP contribution in [0.4, 0.5) is 0 Å². The van der Waals surface area contributed by atoms with Crippen LogP contribution in [0.25, 0.3) is 22.6 Å². The molecule has 2 aromatic carbocycles. The van der Waals surface area contributed by atoms with E-state index in [4.69, 9.17) is 28.2 Å². The summed E-state index contributed by atoms with van der Waals surface area (Å²) in [6, 6.07) is 16.6. The third kappa shape index (κ3) is 3.09. The van der Waals surface area contributed by atoms with Crippen LogP contribution < -0.4 is 0 Å². The van der Waals surface area contributed by atoms with Gasteiger partial charge in [0.15, 0.2) is 0 Å². The number of halogens is 2. The Bertz CT molecular complexity index is 894. The van der Waals surface area contributed by atoms with Gasteiger partial charge in [-0.15, -0.1) is 0 Å². The van der Waals surface area contributed by atoms with Gasteiger partial charge in [-0.25, -0.2) is 4.98 Å². The van der Waals surface area contributed by atoms with E-state index in [1.807, 2.05) is 18.2 Å². The van der Waals surface area contributed by atoms with Crippen LogP contribution in [-0.2, 0) is 0 Å². The maximum Gasteiger partial charge on any atom is 0.142 e. The van der Waals surface area contributed by atoms with Gasteiger partial charge in [-0.05, 0) is 38.0 Å². The second-order valence-corrected chi connectivity index (χ2v) is 7.51. The summed E-state index contributed by atoms with van der Waals surface area (Å²) < 4.78 is 2.41. The van der Waals surface area contributed by atoms with Gasteiger partial charge in [0.2, 0.25) is 0 Å². The molecule has 128 valence electrons. The number of benzene rings is 2. The minimum Gasteiger partial charge on any atom is -0.321 e. The van der Waals surface area contributed by atoms with Crippen molar-refractivity contribution in [2.75, 3.05) is 0 Å². The quantitative estimate of drug-likeness (QED) is 0.487. The summed E-state index contributed by atoms with van der Waals surface area (Å²) >= 11 is 12.6. The van der Waals surface area contributed by atoms with Crippen molar-refractivity contribution in [3.8, 4) is 22.6 Å². The Balaban J connectivity index is 1.96. The Kier molecular flexibility index (Phi) is 4.58. The number of rotatable bonds is 3. The van der Waals surface area contributed by atoms with Gasteiger partial charge in [-0.1, -0.05) is 66.4 Å². The summed E-state index contributed by atoms with van der Waals surface area (Å²) in [4.78, 5) is 4.93. The molecule has 0 atom stereocenters. The summed E-state index contributed by atoms with van der Waals surface area (Å²) in [6.45, 7) is 2.08. The minimum absolute atomic E-state index is 0.471. The van der Waals surface area contributed by atoms with Crippen LogP contribution in [0.1, 0.15) is 37.4 Å². The van der Waals surface area contributed by atoms with E-state index in [2.05, 4.69) is 35.8 Å². The van der Waals surface area contributed by atoms with E-state index in [-0.39, 0.29) is 0 Å². The summed E-state index contributed by atoms with van der Waals surface area (Å²) in [5.74, 6) is 0.949. The zero-order chi connectivity index (χ0) is 17.4. The van der Waals surface area contributed by atoms with Crippen molar-refractivity contribution in [2.24, 2.45) is 0 Å². The van der Waals surface area contributed by atoms with Crippen LogP contribution in [-0.4, -0.2) is 9.55 Å². The number of aromatic nitrogens is 2. The van der Waals surface area contributed by atoms with Crippen molar-refractivity contribution in [1.82, 2.24) is 9.55 Å². The summed E-state index contributed by atoms with van der Waals surface area (Å²) in [7, 11) is 0. The molecule has 3 aromatic rings. The Hall–Kier alpha value is -1.77. The first kappa shape index (κ1) is 16.7. The molecule has 0 bridgehead atoms. The van der Waals surface area contributed by atoms with Crippen molar-refractivity contribution < 1.29 is 0 Å². The fourth-order valence-electron chi connectivity index (χ4n) is 3.87. The zero-order valence-electron chi connectivity index (χ0n) is 14.2. The van der Waals surface area contributed by atoms with Crippen LogP contribution in [0.5, 0.6) is 0 Å². The monoisotopic (exact) mass is 370 g/mol. The lowest BCUT2D eigenvalue weighted by molar-refractivity contribution is 0.528. The van der Waals surface area contributed by atoms with E-state index in [0.717, 1.165) is 17.1 Å². The third-order valence-electron chi connectivity index (χ3n) is 4.99. The highest BCUT2D eigenvalue weighted by Crippen LogP contribution is 2.41. The van der Waals surface area contributed by atoms with E-state index in [1.54, 1.807) is 6.07 Å². The molecule has 2 nitrogen and oxygen atoms in total. The third-order valence-corrected chi connectivity index (χ3v) is 5.54. The molecule has 1 heterocycles. The molecule has 0 aliphatic heterocycles. The van der Waals surface area contributed by atoms with Crippen LogP contribution in [0.15, 0.2) is 48.5 Å². The summed E-state index contributed by atoms with van der Waals surface area (Å²) in [5.41, 5.74) is 4.40. The molecular formula is C21H20Cl2N2. The number of hydrogen-bond donors (Lipinski definition) is 0. The average molecular weight is 371 g/mol. The topological polar surface area (TPSA) is 17.8 Å². The minimum atomic E-state index is 0.471. The van der Waals surface area contributed by atoms with Gasteiger partial charge < -0.3 is 4.57 Å². The fraction of sp³-hybridized carbons (Fsp3) is 0.286. The molecule has 1 aromatic heterocycles. The van der Waals surface area contributed by atoms with Crippen LogP contribution >= 0.6 is 23.2 Å². The SMILES string of the molecule is Cc1nc(-c2ccc(Cl)cc2Cl)n(C2CCCC2)c1-c1ccccc1. The number of imidazole rings is 1. The molecule has 0 N–H and O–H groups in total. The highest BCUT2D eigenvalue weighted by molar-refractivity contribution is 6.36. The van der Waals surface area contributed by atoms with Gasteiger partial charge >= 0.3 is 0 Å². The fourth-order valence-corrected chi connectivity index (χ4v) is 4.36. The Labute approximate surface area is 158 Å². The summed E-state index contributed by atoms with van der Waals surface area (Å²) in [5, 5.41) is 1.30. The van der Waals surface area contributed by atoms with Crippen LogP contribution in [0.2, 0.25) is 10.0 Å². The van der Waals surface area contributed by atoms with Gasteiger partial charge in [-0.2, -0.15) is 0 Å². The molecule has 0 spiro atoms. The zero-order valence-corrected chi connectivity index (χ0v) is 15.7. The molecule has 1 fully saturated rings. The smallest absolute Gasteiger partial charge is 0.142 e. The molecule has 25 heavy (non-hydrogen) atoms. The van der Waals surface area contributed by atoms with Gasteiger partial charge in [0.05, 0.1) is 16.4 Å². The Morgan fingerprint density at radius 3 is 2.40 bits per heavy atom. The highest BCUT2D eigenvalue weighted by Gasteiger charge is 2.26. The Morgan fingerprint density at radius 2 is 1.72 bits per heavy atom. The lowest BCUT2D eigenvalue weighted by Crippen LogP contribution is -2.09. The highest BCUT2D eigenvalue weighted by atomic mass is 35.5. The summed E-state index contributed by atoms with van der Waals surface area (Å²) in [6.07, 6.45) is 4.91. The predicted octanol–water partition coefficient (Wildman–Crippen LogP) is 6.95. The van der Waals surface area contributed by atoms with Gasteiger partial charge in [0, 0.05) is 22.2 Å². The van der Waals surface area contributed by atoms with E-state index < -0.39 is 0 Å². The molecule has 1 aliphatic carbocycles. The van der Waals surface area contributed by atoms with Crippen LogP contribution in [0.3, 0.4) is 0 Å². The molecule has 4 heteroatoms. The standard InChI is InChI=1S/C21H20Cl2N2/c1-14-20(15-7-3-2-4-8-15)25(17-9-5-6-10-17)21(24-14)18-12-11-16(22)13-19(18)23/h2-4,7-8,11-13,17H,5-6,9-10H2,1H3. The van der Waals surface area contributed by atoms with Crippen LogP contribution in [0, 0.1) is 6.92 Å². The van der Waals surface area contributed by atoms with Crippen molar-refractivity contribution in [1.29, 1.82) is 0 Å². The molecule has 0 saturated heterocycles. The van der Waals surface area contributed by atoms with E-state index >= 15 is 0 Å². The van der Waals surface area contributed by atoms with Crippen molar-refractivity contribution in [3.05, 3.63) is 64.3 Å². The van der Waals surface area contributed by atoms with E-state index in [9.17, 15) is 0 Å². The maximum atomic E-state index is 6.51. The lowest BCUT2D eigenvalue weighted by atomic mass is 10.1. The number of aryl methyl sites for hydroxylation is 1. The maximum absolute atomic E-state index is 6.51. The molecular weight excluding hydrogens is 351 g/mol. The van der Waals surface area contributed by atoms with Crippen molar-refractivity contribution in [2.45, 2.75) is 38.6 Å². The second kappa shape index (κ2) is 6.86. The molecule has 1 saturated carbocycles. The lowest BCUT2D eigenvalue weighted by Gasteiger charge is -2.20. The van der Waals surface area contributed by atoms with E-state index in [1.165, 1.54) is 36.9 Å². The molecule has 0 radical (unpaired) electrons. The molecule has 0 unspecified atom stereocenters. The Morgan fingerprint density at radius 1 is 1.00 bits per heavy atom. The first-order chi connectivity index (χ1) is 12.1. The molecule has 1 aliphatic rings. The largest absolute Gasteiger partial charge is 0.321 e. The van der Waals surface area contributed by atoms with Crippen molar-refractivity contribution >= 4 is 23.2 Å². The van der Waals surface area contributed by atoms with Gasteiger partial charge in [0.1, 0.15) is 5.82 Å².